The zero-order chi connectivity index (χ0) is 16.4. The van der Waals surface area contributed by atoms with Gasteiger partial charge in [0.05, 0.1) is 6.42 Å². The van der Waals surface area contributed by atoms with Crippen molar-refractivity contribution in [3.8, 4) is 0 Å². The number of hydrogen-bond acceptors (Lipinski definition) is 4. The van der Waals surface area contributed by atoms with E-state index in [0.29, 0.717) is 36.8 Å². The van der Waals surface area contributed by atoms with E-state index in [-0.39, 0.29) is 5.91 Å². The maximum atomic E-state index is 12.6. The molecule has 0 unspecified atom stereocenters. The molecule has 0 aromatic carbocycles. The van der Waals surface area contributed by atoms with E-state index in [4.69, 9.17) is 0 Å². The Bertz CT molecular complexity index is 773. The van der Waals surface area contributed by atoms with Gasteiger partial charge >= 0.3 is 0 Å². The summed E-state index contributed by atoms with van der Waals surface area (Å²) in [6.45, 7) is 3.46. The lowest BCUT2D eigenvalue weighted by atomic mass is 10.2. The first kappa shape index (κ1) is 16.2. The highest BCUT2D eigenvalue weighted by molar-refractivity contribution is 7.91. The summed E-state index contributed by atoms with van der Waals surface area (Å²) >= 11 is 1.28. The van der Waals surface area contributed by atoms with E-state index in [1.165, 1.54) is 15.6 Å². The molecule has 1 aliphatic heterocycles. The minimum Gasteiger partial charge on any atom is -0.367 e. The van der Waals surface area contributed by atoms with E-state index >= 15 is 0 Å². The van der Waals surface area contributed by atoms with Crippen molar-refractivity contribution in [2.24, 2.45) is 0 Å². The number of aryl methyl sites for hydroxylation is 1. The van der Waals surface area contributed by atoms with E-state index in [1.54, 1.807) is 23.4 Å². The van der Waals surface area contributed by atoms with Crippen molar-refractivity contribution in [1.82, 2.24) is 14.2 Å². The molecule has 124 valence electrons. The summed E-state index contributed by atoms with van der Waals surface area (Å²) < 4.78 is 27.0. The molecule has 1 N–H and O–H groups in total. The Hall–Kier alpha value is -1.64. The number of thiophene rings is 1. The van der Waals surface area contributed by atoms with Crippen molar-refractivity contribution in [3.05, 3.63) is 41.0 Å². The summed E-state index contributed by atoms with van der Waals surface area (Å²) in [5.41, 5.74) is 0.944. The number of carbonyl (C=O) groups excluding carboxylic acids is 1. The number of amides is 1. The summed E-state index contributed by atoms with van der Waals surface area (Å²) in [6, 6.07) is 5.34. The van der Waals surface area contributed by atoms with E-state index in [1.807, 2.05) is 19.1 Å². The Morgan fingerprint density at radius 3 is 2.52 bits per heavy atom. The fraction of sp³-hybridized carbons (Fsp3) is 0.400. The van der Waals surface area contributed by atoms with E-state index < -0.39 is 10.0 Å². The molecule has 1 amide bonds. The highest BCUT2D eigenvalue weighted by Crippen LogP contribution is 2.25. The third kappa shape index (κ3) is 3.49. The fourth-order valence-electron chi connectivity index (χ4n) is 2.61. The normalized spacial score (nSPS) is 16.7. The molecule has 2 aromatic rings. The van der Waals surface area contributed by atoms with Crippen LogP contribution in [0.15, 0.2) is 34.8 Å². The second-order valence-electron chi connectivity index (χ2n) is 5.55. The van der Waals surface area contributed by atoms with E-state index in [0.717, 1.165) is 10.4 Å². The van der Waals surface area contributed by atoms with Gasteiger partial charge in [-0.1, -0.05) is 0 Å². The molecule has 0 saturated carbocycles. The number of nitrogens with one attached hydrogen (secondary N) is 1. The van der Waals surface area contributed by atoms with E-state index in [9.17, 15) is 13.2 Å². The van der Waals surface area contributed by atoms with Gasteiger partial charge in [0, 0.05) is 43.4 Å². The Morgan fingerprint density at radius 2 is 1.96 bits per heavy atom. The lowest BCUT2D eigenvalue weighted by Gasteiger charge is -2.33. The van der Waals surface area contributed by atoms with Crippen LogP contribution < -0.4 is 0 Å². The van der Waals surface area contributed by atoms with Crippen molar-refractivity contribution in [2.45, 2.75) is 17.6 Å². The van der Waals surface area contributed by atoms with Crippen molar-refractivity contribution < 1.29 is 13.2 Å². The first-order valence-electron chi connectivity index (χ1n) is 7.43. The molecule has 8 heteroatoms. The van der Waals surface area contributed by atoms with Gasteiger partial charge in [0.25, 0.3) is 10.0 Å². The molecular formula is C15H19N3O3S2. The molecule has 6 nitrogen and oxygen atoms in total. The molecule has 0 spiro atoms. The van der Waals surface area contributed by atoms with E-state index in [2.05, 4.69) is 4.98 Å². The van der Waals surface area contributed by atoms with Crippen molar-refractivity contribution >= 4 is 27.3 Å². The quantitative estimate of drug-likeness (QED) is 0.904. The van der Waals surface area contributed by atoms with Gasteiger partial charge < -0.3 is 9.88 Å². The Morgan fingerprint density at radius 1 is 1.22 bits per heavy atom. The van der Waals surface area contributed by atoms with Gasteiger partial charge in [-0.25, -0.2) is 8.42 Å². The van der Waals surface area contributed by atoms with Gasteiger partial charge in [-0.3, -0.25) is 4.79 Å². The number of carbonyl (C=O) groups is 1. The van der Waals surface area contributed by atoms with Crippen LogP contribution in [0.5, 0.6) is 0 Å². The minimum atomic E-state index is -3.43. The molecule has 23 heavy (non-hydrogen) atoms. The number of rotatable bonds is 4. The first-order valence-corrected chi connectivity index (χ1v) is 9.68. The number of H-pyrrole nitrogens is 1. The highest BCUT2D eigenvalue weighted by atomic mass is 32.2. The number of aromatic amines is 1. The lowest BCUT2D eigenvalue weighted by molar-refractivity contribution is -0.131. The number of hydrogen-bond donors (Lipinski definition) is 1. The smallest absolute Gasteiger partial charge is 0.252 e. The summed E-state index contributed by atoms with van der Waals surface area (Å²) in [5, 5.41) is 0. The second kappa shape index (κ2) is 6.46. The molecule has 0 radical (unpaired) electrons. The summed E-state index contributed by atoms with van der Waals surface area (Å²) in [4.78, 5) is 17.9. The van der Waals surface area contributed by atoms with Gasteiger partial charge in [-0.15, -0.1) is 11.3 Å². The second-order valence-corrected chi connectivity index (χ2v) is 9.00. The van der Waals surface area contributed by atoms with Gasteiger partial charge in [-0.05, 0) is 30.7 Å². The molecule has 1 fully saturated rings. The molecule has 1 saturated heterocycles. The van der Waals surface area contributed by atoms with Gasteiger partial charge in [0.15, 0.2) is 0 Å². The van der Waals surface area contributed by atoms with Crippen molar-refractivity contribution in [3.63, 3.8) is 0 Å². The predicted molar refractivity (Wildman–Crippen MR) is 88.9 cm³/mol. The summed E-state index contributed by atoms with van der Waals surface area (Å²) in [5.74, 6) is 0.0358. The molecule has 2 aromatic heterocycles. The molecule has 1 aliphatic rings. The molecule has 0 bridgehead atoms. The first-order chi connectivity index (χ1) is 11.0. The van der Waals surface area contributed by atoms with Crippen LogP contribution in [0, 0.1) is 6.92 Å². The monoisotopic (exact) mass is 353 g/mol. The summed E-state index contributed by atoms with van der Waals surface area (Å²) in [7, 11) is -3.43. The SMILES string of the molecule is Cc1ccc(S(=O)(=O)N2CCN(C(=O)Cc3cc[nH]c3)CC2)s1. The number of piperazine rings is 1. The Balaban J connectivity index is 1.61. The summed E-state index contributed by atoms with van der Waals surface area (Å²) in [6.07, 6.45) is 3.94. The topological polar surface area (TPSA) is 73.5 Å². The zero-order valence-electron chi connectivity index (χ0n) is 12.9. The lowest BCUT2D eigenvalue weighted by Crippen LogP contribution is -2.50. The maximum absolute atomic E-state index is 12.6. The number of aromatic nitrogens is 1. The van der Waals surface area contributed by atoms with Crippen molar-refractivity contribution in [1.29, 1.82) is 0 Å². The van der Waals surface area contributed by atoms with Crippen LogP contribution in [0.25, 0.3) is 0 Å². The maximum Gasteiger partial charge on any atom is 0.252 e. The van der Waals surface area contributed by atoms with Crippen LogP contribution in [0.2, 0.25) is 0 Å². The van der Waals surface area contributed by atoms with Crippen LogP contribution in [0.1, 0.15) is 10.4 Å². The highest BCUT2D eigenvalue weighted by Gasteiger charge is 2.30. The zero-order valence-corrected chi connectivity index (χ0v) is 14.5. The molecule has 0 atom stereocenters. The molecule has 0 aliphatic carbocycles. The average Bonchev–Trinajstić information content (AvgIpc) is 3.19. The van der Waals surface area contributed by atoms with Crippen molar-refractivity contribution in [2.75, 3.05) is 26.2 Å². The molecular weight excluding hydrogens is 334 g/mol. The van der Waals surface area contributed by atoms with Crippen LogP contribution >= 0.6 is 11.3 Å². The van der Waals surface area contributed by atoms with Crippen LogP contribution in [0.3, 0.4) is 0 Å². The van der Waals surface area contributed by atoms with Gasteiger partial charge in [0.1, 0.15) is 4.21 Å². The van der Waals surface area contributed by atoms with Crippen LogP contribution in [0.4, 0.5) is 0 Å². The predicted octanol–water partition coefficient (Wildman–Crippen LogP) is 1.46. The van der Waals surface area contributed by atoms with Gasteiger partial charge in [0.2, 0.25) is 5.91 Å². The third-order valence-corrected chi connectivity index (χ3v) is 7.29. The number of nitrogens with zero attached hydrogens (tertiary/aromatic N) is 2. The Labute approximate surface area is 139 Å². The largest absolute Gasteiger partial charge is 0.367 e. The fourth-order valence-corrected chi connectivity index (χ4v) is 5.47. The third-order valence-electron chi connectivity index (χ3n) is 3.92. The number of sulfonamides is 1. The molecule has 3 rings (SSSR count). The minimum absolute atomic E-state index is 0.0358. The average molecular weight is 353 g/mol. The molecule has 3 heterocycles. The van der Waals surface area contributed by atoms with Crippen LogP contribution in [-0.4, -0.2) is 54.7 Å². The Kier molecular flexibility index (Phi) is 4.56. The van der Waals surface area contributed by atoms with Gasteiger partial charge in [-0.2, -0.15) is 4.31 Å². The van der Waals surface area contributed by atoms with Crippen LogP contribution in [-0.2, 0) is 21.2 Å². The standard InChI is InChI=1S/C15H19N3O3S2/c1-12-2-3-15(22-12)23(20,21)18-8-6-17(7-9-18)14(19)10-13-4-5-16-11-13/h2-5,11,16H,6-10H2,1H3.